The predicted molar refractivity (Wildman–Crippen MR) is 74.9 cm³/mol. The van der Waals surface area contributed by atoms with Crippen molar-refractivity contribution in [1.29, 1.82) is 0 Å². The second kappa shape index (κ2) is 6.17. The summed E-state index contributed by atoms with van der Waals surface area (Å²) in [7, 11) is 0. The quantitative estimate of drug-likeness (QED) is 0.806. The van der Waals surface area contributed by atoms with Gasteiger partial charge in [0.1, 0.15) is 11.4 Å². The van der Waals surface area contributed by atoms with Gasteiger partial charge in [-0.25, -0.2) is 4.98 Å². The van der Waals surface area contributed by atoms with E-state index in [9.17, 15) is 9.59 Å². The summed E-state index contributed by atoms with van der Waals surface area (Å²) in [5.41, 5.74) is 0.254. The maximum absolute atomic E-state index is 12.4. The second-order valence-electron chi connectivity index (χ2n) is 5.15. The topological polar surface area (TPSA) is 86.3 Å². The summed E-state index contributed by atoms with van der Waals surface area (Å²) < 4.78 is 0. The Morgan fingerprint density at radius 1 is 1.50 bits per heavy atom. The number of H-pyrrole nitrogens is 1. The van der Waals surface area contributed by atoms with Crippen molar-refractivity contribution in [1.82, 2.24) is 14.9 Å². The molecule has 2 N–H and O–H groups in total. The normalized spacial score (nSPS) is 14.3. The molecule has 1 fully saturated rings. The van der Waals surface area contributed by atoms with Crippen LogP contribution in [-0.2, 0) is 0 Å². The van der Waals surface area contributed by atoms with E-state index in [-0.39, 0.29) is 23.6 Å². The van der Waals surface area contributed by atoms with Crippen LogP contribution in [0.1, 0.15) is 54.0 Å². The van der Waals surface area contributed by atoms with Gasteiger partial charge in [0.05, 0.1) is 5.69 Å². The summed E-state index contributed by atoms with van der Waals surface area (Å²) in [6.45, 7) is 4.52. The molecule has 1 saturated carbocycles. The maximum Gasteiger partial charge on any atom is 0.264 e. The monoisotopic (exact) mass is 279 g/mol. The molecule has 20 heavy (non-hydrogen) atoms. The van der Waals surface area contributed by atoms with Gasteiger partial charge in [-0.3, -0.25) is 9.59 Å². The van der Waals surface area contributed by atoms with Crippen molar-refractivity contribution < 1.29 is 9.90 Å². The fourth-order valence-corrected chi connectivity index (χ4v) is 2.23. The van der Waals surface area contributed by atoms with Gasteiger partial charge < -0.3 is 15.0 Å². The smallest absolute Gasteiger partial charge is 0.264 e. The predicted octanol–water partition coefficient (Wildman–Crippen LogP) is 0.800. The largest absolute Gasteiger partial charge is 0.396 e. The molecule has 0 radical (unpaired) electrons. The Balaban J connectivity index is 2.26. The number of aliphatic hydroxyl groups is 1. The van der Waals surface area contributed by atoms with Crippen molar-refractivity contribution in [3.05, 3.63) is 27.4 Å². The van der Waals surface area contributed by atoms with Gasteiger partial charge in [0.15, 0.2) is 0 Å². The SMILES string of the molecule is CCN(CCCO)C(=O)c1c(C)nc(C2CC2)[nH]c1=O. The summed E-state index contributed by atoms with van der Waals surface area (Å²) >= 11 is 0. The van der Waals surface area contributed by atoms with E-state index in [1.54, 1.807) is 11.8 Å². The fraction of sp³-hybridized carbons (Fsp3) is 0.643. The average molecular weight is 279 g/mol. The van der Waals surface area contributed by atoms with E-state index in [2.05, 4.69) is 9.97 Å². The highest BCUT2D eigenvalue weighted by atomic mass is 16.3. The number of nitrogens with one attached hydrogen (secondary N) is 1. The van der Waals surface area contributed by atoms with Crippen LogP contribution in [-0.4, -0.2) is 45.6 Å². The van der Waals surface area contributed by atoms with Crippen LogP contribution in [0.4, 0.5) is 0 Å². The van der Waals surface area contributed by atoms with Crippen LogP contribution in [0.25, 0.3) is 0 Å². The second-order valence-corrected chi connectivity index (χ2v) is 5.15. The van der Waals surface area contributed by atoms with Crippen LogP contribution in [0.5, 0.6) is 0 Å². The number of hydrogen-bond acceptors (Lipinski definition) is 4. The summed E-state index contributed by atoms with van der Waals surface area (Å²) in [6.07, 6.45) is 2.60. The Morgan fingerprint density at radius 2 is 2.20 bits per heavy atom. The minimum atomic E-state index is -0.355. The Kier molecular flexibility index (Phi) is 4.54. The molecule has 0 aliphatic heterocycles. The molecule has 0 aromatic carbocycles. The van der Waals surface area contributed by atoms with Crippen molar-refractivity contribution in [2.75, 3.05) is 19.7 Å². The third-order valence-corrected chi connectivity index (χ3v) is 3.55. The number of aliphatic hydroxyl groups excluding tert-OH is 1. The number of rotatable bonds is 6. The number of amides is 1. The van der Waals surface area contributed by atoms with Crippen LogP contribution in [0.2, 0.25) is 0 Å². The first-order chi connectivity index (χ1) is 9.58. The van der Waals surface area contributed by atoms with E-state index in [0.717, 1.165) is 12.8 Å². The molecule has 0 spiro atoms. The van der Waals surface area contributed by atoms with E-state index in [4.69, 9.17) is 5.11 Å². The van der Waals surface area contributed by atoms with Crippen LogP contribution in [0.3, 0.4) is 0 Å². The molecule has 1 aromatic heterocycles. The van der Waals surface area contributed by atoms with Crippen molar-refractivity contribution in [3.63, 3.8) is 0 Å². The Hall–Kier alpha value is -1.69. The lowest BCUT2D eigenvalue weighted by molar-refractivity contribution is 0.0751. The third kappa shape index (κ3) is 3.07. The minimum Gasteiger partial charge on any atom is -0.396 e. The molecule has 1 aliphatic rings. The summed E-state index contributed by atoms with van der Waals surface area (Å²) in [5, 5.41) is 8.86. The first-order valence-electron chi connectivity index (χ1n) is 7.09. The van der Waals surface area contributed by atoms with Crippen LogP contribution in [0, 0.1) is 6.92 Å². The summed E-state index contributed by atoms with van der Waals surface area (Å²) in [6, 6.07) is 0. The van der Waals surface area contributed by atoms with E-state index < -0.39 is 0 Å². The van der Waals surface area contributed by atoms with Gasteiger partial charge in [-0.15, -0.1) is 0 Å². The molecule has 1 heterocycles. The zero-order valence-electron chi connectivity index (χ0n) is 12.0. The fourth-order valence-electron chi connectivity index (χ4n) is 2.23. The number of hydrogen-bond donors (Lipinski definition) is 2. The van der Waals surface area contributed by atoms with Gasteiger partial charge in [0.2, 0.25) is 0 Å². The van der Waals surface area contributed by atoms with Gasteiger partial charge in [0, 0.05) is 25.6 Å². The molecule has 110 valence electrons. The van der Waals surface area contributed by atoms with E-state index >= 15 is 0 Å². The van der Waals surface area contributed by atoms with Crippen LogP contribution in [0.15, 0.2) is 4.79 Å². The highest BCUT2D eigenvalue weighted by Gasteiger charge is 2.28. The van der Waals surface area contributed by atoms with Crippen molar-refractivity contribution in [3.8, 4) is 0 Å². The van der Waals surface area contributed by atoms with Gasteiger partial charge in [0.25, 0.3) is 11.5 Å². The zero-order valence-corrected chi connectivity index (χ0v) is 12.0. The molecule has 1 aliphatic carbocycles. The van der Waals surface area contributed by atoms with Crippen molar-refractivity contribution in [2.24, 2.45) is 0 Å². The van der Waals surface area contributed by atoms with Crippen LogP contribution >= 0.6 is 0 Å². The van der Waals surface area contributed by atoms with E-state index in [1.165, 1.54) is 0 Å². The van der Waals surface area contributed by atoms with Gasteiger partial charge in [-0.05, 0) is 33.1 Å². The summed E-state index contributed by atoms with van der Waals surface area (Å²) in [4.78, 5) is 33.2. The first kappa shape index (κ1) is 14.7. The van der Waals surface area contributed by atoms with Crippen molar-refractivity contribution in [2.45, 2.75) is 39.0 Å². The highest BCUT2D eigenvalue weighted by Crippen LogP contribution is 2.37. The molecule has 0 bridgehead atoms. The standard InChI is InChI=1S/C14H21N3O3/c1-3-17(7-4-8-18)14(20)11-9(2)15-12(10-5-6-10)16-13(11)19/h10,18H,3-8H2,1-2H3,(H,15,16,19). The lowest BCUT2D eigenvalue weighted by Gasteiger charge is -2.20. The number of carbonyl (C=O) groups is 1. The molecular formula is C14H21N3O3. The molecular weight excluding hydrogens is 258 g/mol. The Labute approximate surface area is 117 Å². The Bertz CT molecular complexity index is 549. The number of carbonyl (C=O) groups excluding carboxylic acids is 1. The average Bonchev–Trinajstić information content (AvgIpc) is 3.23. The van der Waals surface area contributed by atoms with Gasteiger partial charge in [-0.2, -0.15) is 0 Å². The Morgan fingerprint density at radius 3 is 2.70 bits per heavy atom. The summed E-state index contributed by atoms with van der Waals surface area (Å²) in [5.74, 6) is 0.735. The zero-order chi connectivity index (χ0) is 14.7. The molecule has 1 amide bonds. The number of aryl methyl sites for hydroxylation is 1. The highest BCUT2D eigenvalue weighted by molar-refractivity contribution is 5.94. The van der Waals surface area contributed by atoms with Crippen molar-refractivity contribution >= 4 is 5.91 Å². The molecule has 0 saturated heterocycles. The number of nitrogens with zero attached hydrogens (tertiary/aromatic N) is 2. The molecule has 6 nitrogen and oxygen atoms in total. The third-order valence-electron chi connectivity index (χ3n) is 3.55. The van der Waals surface area contributed by atoms with E-state index in [1.807, 2.05) is 6.92 Å². The maximum atomic E-state index is 12.4. The molecule has 6 heteroatoms. The number of aromatic amines is 1. The first-order valence-corrected chi connectivity index (χ1v) is 7.09. The molecule has 0 unspecified atom stereocenters. The molecule has 0 atom stereocenters. The lowest BCUT2D eigenvalue weighted by Crippen LogP contribution is -2.37. The minimum absolute atomic E-state index is 0.0258. The molecule has 2 rings (SSSR count). The number of aromatic nitrogens is 2. The van der Waals surface area contributed by atoms with Crippen LogP contribution < -0.4 is 5.56 Å². The van der Waals surface area contributed by atoms with Gasteiger partial charge >= 0.3 is 0 Å². The molecule has 1 aromatic rings. The van der Waals surface area contributed by atoms with Gasteiger partial charge in [-0.1, -0.05) is 0 Å². The van der Waals surface area contributed by atoms with E-state index in [0.29, 0.717) is 36.9 Å². The lowest BCUT2D eigenvalue weighted by atomic mass is 10.2.